The molecular formula is C20H15ClN2O4. The molecule has 0 fully saturated rings. The van der Waals surface area contributed by atoms with Crippen molar-refractivity contribution >= 4 is 46.2 Å². The molecule has 0 amide bonds. The van der Waals surface area contributed by atoms with Crippen molar-refractivity contribution in [3.05, 3.63) is 84.2 Å². The number of hydrogen-bond acceptors (Lipinski definition) is 4. The molecule has 0 unspecified atom stereocenters. The van der Waals surface area contributed by atoms with E-state index in [2.05, 4.69) is 9.97 Å². The van der Waals surface area contributed by atoms with Crippen LogP contribution < -0.4 is 0 Å². The highest BCUT2D eigenvalue weighted by Gasteiger charge is 2.04. The van der Waals surface area contributed by atoms with E-state index in [1.165, 1.54) is 12.1 Å². The number of carbonyl (C=O) groups is 2. The van der Waals surface area contributed by atoms with Gasteiger partial charge in [0, 0.05) is 10.8 Å². The summed E-state index contributed by atoms with van der Waals surface area (Å²) in [6.45, 7) is 0. The molecule has 136 valence electrons. The van der Waals surface area contributed by atoms with Crippen LogP contribution in [0.25, 0.3) is 21.8 Å². The summed E-state index contributed by atoms with van der Waals surface area (Å²) in [6, 6.07) is 21.4. The maximum atomic E-state index is 10.6. The van der Waals surface area contributed by atoms with E-state index in [1.807, 2.05) is 36.4 Å². The summed E-state index contributed by atoms with van der Waals surface area (Å²) in [4.78, 5) is 29.1. The van der Waals surface area contributed by atoms with Crippen molar-refractivity contribution in [1.29, 1.82) is 0 Å². The number of rotatable bonds is 2. The number of aromatic carboxylic acids is 2. The molecule has 2 heterocycles. The fourth-order valence-corrected chi connectivity index (χ4v) is 2.37. The van der Waals surface area contributed by atoms with Crippen LogP contribution in [0, 0.1) is 0 Å². The van der Waals surface area contributed by atoms with Gasteiger partial charge in [-0.2, -0.15) is 0 Å². The SMILES string of the molecule is Cl.O=C(O)c1ccc2ccccc2n1.O=C(O)c1ccc2ccccc2n1. The summed E-state index contributed by atoms with van der Waals surface area (Å²) in [5.74, 6) is -1.99. The molecule has 0 aliphatic rings. The number of para-hydroxylation sites is 2. The Morgan fingerprint density at radius 1 is 0.593 bits per heavy atom. The molecule has 2 N–H and O–H groups in total. The number of hydrogen-bond donors (Lipinski definition) is 2. The van der Waals surface area contributed by atoms with E-state index in [9.17, 15) is 9.59 Å². The predicted octanol–water partition coefficient (Wildman–Crippen LogP) is 4.29. The Kier molecular flexibility index (Phi) is 6.41. The number of pyridine rings is 2. The molecule has 0 spiro atoms. The largest absolute Gasteiger partial charge is 0.477 e. The van der Waals surface area contributed by atoms with Crippen LogP contribution in [0.4, 0.5) is 0 Å². The first-order valence-electron chi connectivity index (χ1n) is 7.73. The zero-order chi connectivity index (χ0) is 18.5. The number of benzene rings is 2. The van der Waals surface area contributed by atoms with E-state index < -0.39 is 11.9 Å². The van der Waals surface area contributed by atoms with Gasteiger partial charge in [0.2, 0.25) is 0 Å². The molecule has 4 aromatic rings. The molecule has 0 aliphatic carbocycles. The molecule has 0 saturated heterocycles. The van der Waals surface area contributed by atoms with E-state index in [-0.39, 0.29) is 23.8 Å². The van der Waals surface area contributed by atoms with Crippen LogP contribution in [0.3, 0.4) is 0 Å². The van der Waals surface area contributed by atoms with Gasteiger partial charge in [-0.15, -0.1) is 12.4 Å². The Morgan fingerprint density at radius 3 is 1.33 bits per heavy atom. The van der Waals surface area contributed by atoms with E-state index in [1.54, 1.807) is 24.3 Å². The first-order valence-corrected chi connectivity index (χ1v) is 7.73. The van der Waals surface area contributed by atoms with Gasteiger partial charge in [-0.25, -0.2) is 19.6 Å². The molecule has 0 bridgehead atoms. The Bertz CT molecular complexity index is 1030. The van der Waals surface area contributed by atoms with Crippen molar-refractivity contribution in [3.63, 3.8) is 0 Å². The second-order valence-electron chi connectivity index (χ2n) is 5.39. The van der Waals surface area contributed by atoms with Crippen LogP contribution in [-0.4, -0.2) is 32.1 Å². The van der Waals surface area contributed by atoms with Crippen molar-refractivity contribution in [2.75, 3.05) is 0 Å². The van der Waals surface area contributed by atoms with Gasteiger partial charge in [-0.05, 0) is 24.3 Å². The molecule has 0 atom stereocenters. The predicted molar refractivity (Wildman–Crippen MR) is 105 cm³/mol. The fourth-order valence-electron chi connectivity index (χ4n) is 2.37. The van der Waals surface area contributed by atoms with Crippen molar-refractivity contribution in [2.45, 2.75) is 0 Å². The lowest BCUT2D eigenvalue weighted by Gasteiger charge is -1.97. The Hall–Kier alpha value is -3.51. The van der Waals surface area contributed by atoms with Crippen molar-refractivity contribution in [3.8, 4) is 0 Å². The molecular weight excluding hydrogens is 368 g/mol. The number of fused-ring (bicyclic) bond motifs is 2. The van der Waals surface area contributed by atoms with Crippen molar-refractivity contribution in [2.24, 2.45) is 0 Å². The van der Waals surface area contributed by atoms with Crippen LogP contribution in [0.15, 0.2) is 72.8 Å². The van der Waals surface area contributed by atoms with Gasteiger partial charge < -0.3 is 10.2 Å². The molecule has 0 radical (unpaired) electrons. The third kappa shape index (κ3) is 4.77. The Balaban J connectivity index is 0.000000187. The lowest BCUT2D eigenvalue weighted by Crippen LogP contribution is -1.99. The first-order chi connectivity index (χ1) is 12.5. The number of carboxylic acids is 2. The molecule has 27 heavy (non-hydrogen) atoms. The third-order valence-corrected chi connectivity index (χ3v) is 3.64. The van der Waals surface area contributed by atoms with Gasteiger partial charge in [0.25, 0.3) is 0 Å². The zero-order valence-corrected chi connectivity index (χ0v) is 14.8. The highest BCUT2D eigenvalue weighted by Crippen LogP contribution is 2.12. The van der Waals surface area contributed by atoms with Gasteiger partial charge in [0.05, 0.1) is 11.0 Å². The molecule has 2 aromatic heterocycles. The van der Waals surface area contributed by atoms with E-state index >= 15 is 0 Å². The highest BCUT2D eigenvalue weighted by molar-refractivity contribution is 5.90. The highest BCUT2D eigenvalue weighted by atomic mass is 35.5. The number of aromatic nitrogens is 2. The lowest BCUT2D eigenvalue weighted by atomic mass is 10.2. The van der Waals surface area contributed by atoms with E-state index in [0.717, 1.165) is 10.8 Å². The molecule has 4 rings (SSSR count). The minimum atomic E-state index is -0.995. The molecule has 6 nitrogen and oxygen atoms in total. The summed E-state index contributed by atoms with van der Waals surface area (Å²) in [5.41, 5.74) is 1.59. The normalized spacial score (nSPS) is 9.78. The molecule has 2 aromatic carbocycles. The maximum Gasteiger partial charge on any atom is 0.354 e. The van der Waals surface area contributed by atoms with Crippen LogP contribution >= 0.6 is 12.4 Å². The second-order valence-corrected chi connectivity index (χ2v) is 5.39. The minimum Gasteiger partial charge on any atom is -0.477 e. The van der Waals surface area contributed by atoms with Crippen LogP contribution in [-0.2, 0) is 0 Å². The minimum absolute atomic E-state index is 0. The van der Waals surface area contributed by atoms with Crippen LogP contribution in [0.2, 0.25) is 0 Å². The summed E-state index contributed by atoms with van der Waals surface area (Å²) in [6.07, 6.45) is 0. The topological polar surface area (TPSA) is 100 Å². The number of carboxylic acid groups (broad SMARTS) is 2. The smallest absolute Gasteiger partial charge is 0.354 e. The van der Waals surface area contributed by atoms with E-state index in [4.69, 9.17) is 10.2 Å². The number of halogens is 1. The quantitative estimate of drug-likeness (QED) is 0.536. The Labute approximate surface area is 160 Å². The standard InChI is InChI=1S/2C10H7NO2.ClH/c2*12-10(13)9-6-5-7-3-1-2-4-8(7)11-9;/h2*1-6H,(H,12,13);1H. The monoisotopic (exact) mass is 382 g/mol. The van der Waals surface area contributed by atoms with Crippen molar-refractivity contribution in [1.82, 2.24) is 9.97 Å². The first kappa shape index (κ1) is 19.8. The van der Waals surface area contributed by atoms with Gasteiger partial charge in [0.1, 0.15) is 11.4 Å². The average molecular weight is 383 g/mol. The summed E-state index contributed by atoms with van der Waals surface area (Å²) in [5, 5.41) is 19.3. The summed E-state index contributed by atoms with van der Waals surface area (Å²) < 4.78 is 0. The van der Waals surface area contributed by atoms with Gasteiger partial charge in [-0.1, -0.05) is 48.5 Å². The van der Waals surface area contributed by atoms with Gasteiger partial charge >= 0.3 is 11.9 Å². The van der Waals surface area contributed by atoms with Crippen LogP contribution in [0.5, 0.6) is 0 Å². The van der Waals surface area contributed by atoms with Crippen LogP contribution in [0.1, 0.15) is 21.0 Å². The maximum absolute atomic E-state index is 10.6. The molecule has 7 heteroatoms. The average Bonchev–Trinajstić information content (AvgIpc) is 2.67. The molecule has 0 aliphatic heterocycles. The number of nitrogens with zero attached hydrogens (tertiary/aromatic N) is 2. The molecule has 0 saturated carbocycles. The second kappa shape index (κ2) is 8.73. The van der Waals surface area contributed by atoms with E-state index in [0.29, 0.717) is 11.0 Å². The third-order valence-electron chi connectivity index (χ3n) is 3.64. The fraction of sp³-hybridized carbons (Fsp3) is 0. The van der Waals surface area contributed by atoms with Gasteiger partial charge in [-0.3, -0.25) is 0 Å². The lowest BCUT2D eigenvalue weighted by molar-refractivity contribution is 0.0680. The van der Waals surface area contributed by atoms with Gasteiger partial charge in [0.15, 0.2) is 0 Å². The summed E-state index contributed by atoms with van der Waals surface area (Å²) in [7, 11) is 0. The summed E-state index contributed by atoms with van der Waals surface area (Å²) >= 11 is 0. The zero-order valence-electron chi connectivity index (χ0n) is 13.9. The Morgan fingerprint density at radius 2 is 0.963 bits per heavy atom. The van der Waals surface area contributed by atoms with Crippen molar-refractivity contribution < 1.29 is 19.8 Å².